The number of nitrogens with zero attached hydrogens (tertiary/aromatic N) is 1. The lowest BCUT2D eigenvalue weighted by Crippen LogP contribution is -2.54. The van der Waals surface area contributed by atoms with E-state index >= 15 is 0 Å². The highest BCUT2D eigenvalue weighted by Crippen LogP contribution is 2.50. The Hall–Kier alpha value is -3.79. The monoisotopic (exact) mass is 607 g/mol. The Labute approximate surface area is 259 Å². The largest absolute Gasteiger partial charge is 0.493 e. The molecule has 0 spiro atoms. The number of benzene rings is 1. The summed E-state index contributed by atoms with van der Waals surface area (Å²) >= 11 is 0. The van der Waals surface area contributed by atoms with Crippen LogP contribution in [-0.4, -0.2) is 68.4 Å². The third-order valence-electron chi connectivity index (χ3n) is 9.58. The summed E-state index contributed by atoms with van der Waals surface area (Å²) in [5, 5.41) is 17.2. The molecule has 0 bridgehead atoms. The molecule has 10 heteroatoms. The molecule has 5 rings (SSSR count). The number of nitrogens with one attached hydrogen (secondary N) is 2. The Kier molecular flexibility index (Phi) is 9.68. The summed E-state index contributed by atoms with van der Waals surface area (Å²) in [7, 11) is 4.70. The minimum absolute atomic E-state index is 0.0957. The Morgan fingerprint density at radius 1 is 1.05 bits per heavy atom. The molecule has 2 aromatic carbocycles. The van der Waals surface area contributed by atoms with Gasteiger partial charge in [0.2, 0.25) is 23.0 Å². The first-order valence-corrected chi connectivity index (χ1v) is 15.7. The van der Waals surface area contributed by atoms with Crippen molar-refractivity contribution in [3.05, 3.63) is 45.6 Å². The fraction of sp³-hybridized carbons (Fsp3) is 0.559. The SMILES string of the molecule is COc1cc2c(c(OC)c1OC)-c1ccc(NCCCC(=O)N3CC[C@]4(O)CCCC[C@H]4C3)c(=O)cc1[C@@H](NC(C)=O)CC2. The molecule has 1 heterocycles. The molecule has 1 saturated carbocycles. The average molecular weight is 608 g/mol. The van der Waals surface area contributed by atoms with Gasteiger partial charge in [-0.05, 0) is 73.4 Å². The second kappa shape index (κ2) is 13.5. The maximum absolute atomic E-state index is 13.5. The highest BCUT2D eigenvalue weighted by molar-refractivity contribution is 5.84. The van der Waals surface area contributed by atoms with Crippen molar-refractivity contribution in [2.24, 2.45) is 5.92 Å². The number of hydrogen-bond donors (Lipinski definition) is 3. The molecule has 2 amide bonds. The summed E-state index contributed by atoms with van der Waals surface area (Å²) in [6.07, 6.45) is 6.79. The van der Waals surface area contributed by atoms with Gasteiger partial charge in [0.15, 0.2) is 11.5 Å². The van der Waals surface area contributed by atoms with E-state index < -0.39 is 5.60 Å². The number of ether oxygens (including phenoxy) is 3. The lowest BCUT2D eigenvalue weighted by Gasteiger charge is -2.47. The number of likely N-dealkylation sites (tertiary alicyclic amines) is 1. The topological polar surface area (TPSA) is 126 Å². The van der Waals surface area contributed by atoms with Crippen molar-refractivity contribution in [3.8, 4) is 28.4 Å². The number of aryl methyl sites for hydroxylation is 1. The molecular weight excluding hydrogens is 562 g/mol. The van der Waals surface area contributed by atoms with E-state index in [0.717, 1.165) is 42.4 Å². The number of hydrogen-bond acceptors (Lipinski definition) is 8. The van der Waals surface area contributed by atoms with Crippen LogP contribution in [0.25, 0.3) is 11.1 Å². The summed E-state index contributed by atoms with van der Waals surface area (Å²) in [4.78, 5) is 40.6. The van der Waals surface area contributed by atoms with E-state index in [1.807, 2.05) is 17.0 Å². The molecule has 0 aromatic heterocycles. The number of fused-ring (bicyclic) bond motifs is 4. The fourth-order valence-electron chi connectivity index (χ4n) is 7.27. The molecule has 3 atom stereocenters. The number of piperidine rings is 1. The number of anilines is 1. The van der Waals surface area contributed by atoms with E-state index in [2.05, 4.69) is 10.6 Å². The molecule has 0 unspecified atom stereocenters. The molecule has 3 aliphatic rings. The van der Waals surface area contributed by atoms with E-state index in [-0.39, 0.29) is 29.2 Å². The quantitative estimate of drug-likeness (QED) is 0.362. The molecule has 238 valence electrons. The maximum Gasteiger partial charge on any atom is 0.222 e. The zero-order valence-electron chi connectivity index (χ0n) is 26.3. The number of methoxy groups -OCH3 is 3. The first-order valence-electron chi connectivity index (χ1n) is 15.7. The second-order valence-electron chi connectivity index (χ2n) is 12.3. The van der Waals surface area contributed by atoms with Gasteiger partial charge in [-0.1, -0.05) is 18.9 Å². The Bertz CT molecular complexity index is 1460. The Morgan fingerprint density at radius 2 is 1.84 bits per heavy atom. The number of carbonyl (C=O) groups is 2. The van der Waals surface area contributed by atoms with Crippen LogP contribution in [0.2, 0.25) is 0 Å². The summed E-state index contributed by atoms with van der Waals surface area (Å²) in [5.41, 5.74) is 2.83. The van der Waals surface area contributed by atoms with Crippen LogP contribution < -0.4 is 30.3 Å². The summed E-state index contributed by atoms with van der Waals surface area (Å²) in [6.45, 7) is 3.15. The van der Waals surface area contributed by atoms with Gasteiger partial charge < -0.3 is 34.9 Å². The van der Waals surface area contributed by atoms with E-state index in [1.165, 1.54) is 6.92 Å². The van der Waals surface area contributed by atoms with E-state index in [1.54, 1.807) is 33.5 Å². The molecule has 3 N–H and O–H groups in total. The lowest BCUT2D eigenvalue weighted by molar-refractivity contribution is -0.143. The zero-order chi connectivity index (χ0) is 31.4. The van der Waals surface area contributed by atoms with Crippen molar-refractivity contribution in [2.75, 3.05) is 46.3 Å². The van der Waals surface area contributed by atoms with Gasteiger partial charge in [0.1, 0.15) is 0 Å². The molecule has 1 saturated heterocycles. The lowest BCUT2D eigenvalue weighted by atomic mass is 9.71. The van der Waals surface area contributed by atoms with Gasteiger partial charge in [-0.25, -0.2) is 0 Å². The van der Waals surface area contributed by atoms with Crippen molar-refractivity contribution >= 4 is 17.5 Å². The van der Waals surface area contributed by atoms with Gasteiger partial charge >= 0.3 is 0 Å². The third kappa shape index (κ3) is 6.36. The standard InChI is InChI=1S/C34H45N3O7/c1-21(38)36-26-12-10-22-18-29(42-2)32(43-3)33(44-4)31(22)24-11-13-27(28(39)19-25(24)26)35-16-7-9-30(40)37-17-15-34(41)14-6-5-8-23(34)20-37/h11,13,18-19,23,26,41H,5-10,12,14-17,20H2,1-4H3,(H,35,39)(H,36,38)/t23-,26-,34+/m0/s1. The minimum atomic E-state index is -0.608. The molecule has 2 aromatic rings. The molecule has 2 aliphatic carbocycles. The minimum Gasteiger partial charge on any atom is -0.493 e. The van der Waals surface area contributed by atoms with Crippen LogP contribution in [0.15, 0.2) is 29.1 Å². The molecule has 2 fully saturated rings. The first kappa shape index (κ1) is 31.6. The number of carbonyl (C=O) groups excluding carboxylic acids is 2. The summed E-state index contributed by atoms with van der Waals surface area (Å²) in [6, 6.07) is 6.78. The van der Waals surface area contributed by atoms with Crippen LogP contribution in [0.5, 0.6) is 17.2 Å². The second-order valence-corrected chi connectivity index (χ2v) is 12.3. The summed E-state index contributed by atoms with van der Waals surface area (Å²) < 4.78 is 17.1. The van der Waals surface area contributed by atoms with Crippen LogP contribution >= 0.6 is 0 Å². The zero-order valence-corrected chi connectivity index (χ0v) is 26.3. The predicted octanol–water partition coefficient (Wildman–Crippen LogP) is 4.21. The van der Waals surface area contributed by atoms with Crippen LogP contribution in [0.4, 0.5) is 5.69 Å². The molecule has 44 heavy (non-hydrogen) atoms. The van der Waals surface area contributed by atoms with Crippen LogP contribution in [0, 0.1) is 5.92 Å². The van der Waals surface area contributed by atoms with E-state index in [4.69, 9.17) is 14.2 Å². The van der Waals surface area contributed by atoms with Crippen molar-refractivity contribution < 1.29 is 28.9 Å². The Morgan fingerprint density at radius 3 is 2.57 bits per heavy atom. The highest BCUT2D eigenvalue weighted by atomic mass is 16.5. The smallest absolute Gasteiger partial charge is 0.222 e. The van der Waals surface area contributed by atoms with Crippen LogP contribution in [-0.2, 0) is 16.0 Å². The number of amides is 2. The normalized spacial score (nSPS) is 22.4. The molecule has 0 radical (unpaired) electrons. The van der Waals surface area contributed by atoms with Crippen molar-refractivity contribution in [3.63, 3.8) is 0 Å². The van der Waals surface area contributed by atoms with Gasteiger partial charge in [0, 0.05) is 44.5 Å². The number of rotatable bonds is 9. The van der Waals surface area contributed by atoms with Crippen LogP contribution in [0.1, 0.15) is 75.5 Å². The van der Waals surface area contributed by atoms with E-state index in [9.17, 15) is 19.5 Å². The van der Waals surface area contributed by atoms with Gasteiger partial charge in [-0.2, -0.15) is 0 Å². The average Bonchev–Trinajstić information content (AvgIpc) is 3.25. The van der Waals surface area contributed by atoms with Crippen molar-refractivity contribution in [1.29, 1.82) is 0 Å². The molecule has 1 aliphatic heterocycles. The van der Waals surface area contributed by atoms with Gasteiger partial charge in [0.05, 0.1) is 38.7 Å². The number of aliphatic hydroxyl groups is 1. The van der Waals surface area contributed by atoms with Crippen LogP contribution in [0.3, 0.4) is 0 Å². The van der Waals surface area contributed by atoms with E-state index in [0.29, 0.717) is 80.2 Å². The predicted molar refractivity (Wildman–Crippen MR) is 169 cm³/mol. The first-order chi connectivity index (χ1) is 21.2. The Balaban J connectivity index is 1.36. The van der Waals surface area contributed by atoms with Gasteiger partial charge in [-0.15, -0.1) is 0 Å². The summed E-state index contributed by atoms with van der Waals surface area (Å²) in [5.74, 6) is 1.58. The van der Waals surface area contributed by atoms with Crippen molar-refractivity contribution in [2.45, 2.75) is 76.4 Å². The third-order valence-corrected chi connectivity index (χ3v) is 9.58. The van der Waals surface area contributed by atoms with Gasteiger partial charge in [0.25, 0.3) is 0 Å². The van der Waals surface area contributed by atoms with Gasteiger partial charge in [-0.3, -0.25) is 14.4 Å². The highest BCUT2D eigenvalue weighted by Gasteiger charge is 2.43. The molecule has 10 nitrogen and oxygen atoms in total. The van der Waals surface area contributed by atoms with Crippen molar-refractivity contribution in [1.82, 2.24) is 10.2 Å². The maximum atomic E-state index is 13.5. The molecular formula is C34H45N3O7. The fourth-order valence-corrected chi connectivity index (χ4v) is 7.27.